The third kappa shape index (κ3) is 3.13. The number of thiophene rings is 1. The Morgan fingerprint density at radius 3 is 2.68 bits per heavy atom. The highest BCUT2D eigenvalue weighted by Crippen LogP contribution is 2.33. The summed E-state index contributed by atoms with van der Waals surface area (Å²) in [6, 6.07) is 3.19. The highest BCUT2D eigenvalue weighted by atomic mass is 35.5. The predicted octanol–water partition coefficient (Wildman–Crippen LogP) is 2.54. The van der Waals surface area contributed by atoms with Crippen LogP contribution in [-0.4, -0.2) is 32.4 Å². The summed E-state index contributed by atoms with van der Waals surface area (Å²) in [5.41, 5.74) is 5.78. The molecule has 2 N–H and O–H groups in total. The van der Waals surface area contributed by atoms with Crippen LogP contribution in [0.2, 0.25) is 4.34 Å². The van der Waals surface area contributed by atoms with E-state index in [0.29, 0.717) is 15.1 Å². The van der Waals surface area contributed by atoms with Crippen LogP contribution in [0.4, 0.5) is 0 Å². The molecule has 0 bridgehead atoms. The van der Waals surface area contributed by atoms with Crippen molar-refractivity contribution in [2.24, 2.45) is 11.7 Å². The van der Waals surface area contributed by atoms with Crippen molar-refractivity contribution < 1.29 is 8.42 Å². The van der Waals surface area contributed by atoms with Crippen LogP contribution in [0.15, 0.2) is 16.3 Å². The van der Waals surface area contributed by atoms with Gasteiger partial charge in [-0.05, 0) is 37.4 Å². The zero-order chi connectivity index (χ0) is 14.0. The van der Waals surface area contributed by atoms with Gasteiger partial charge in [0.05, 0.1) is 4.34 Å². The molecule has 0 aliphatic heterocycles. The number of rotatable bonds is 4. The third-order valence-corrected chi connectivity index (χ3v) is 7.40. The minimum atomic E-state index is -3.45. The molecule has 4 nitrogen and oxygen atoms in total. The lowest BCUT2D eigenvalue weighted by molar-refractivity contribution is 0.204. The molecule has 1 aliphatic carbocycles. The summed E-state index contributed by atoms with van der Waals surface area (Å²) in [5, 5.41) is 0. The molecule has 0 aromatic carbocycles. The zero-order valence-electron chi connectivity index (χ0n) is 10.9. The van der Waals surface area contributed by atoms with E-state index in [2.05, 4.69) is 0 Å². The van der Waals surface area contributed by atoms with Gasteiger partial charge in [0.25, 0.3) is 10.0 Å². The maximum atomic E-state index is 12.5. The number of hydrogen-bond acceptors (Lipinski definition) is 4. The van der Waals surface area contributed by atoms with Crippen molar-refractivity contribution in [3.63, 3.8) is 0 Å². The monoisotopic (exact) mass is 322 g/mol. The SMILES string of the molecule is CN(C1CCCCC1CN)S(=O)(=O)c1ccc(Cl)s1. The second-order valence-corrected chi connectivity index (χ2v) is 8.87. The Morgan fingerprint density at radius 2 is 2.11 bits per heavy atom. The van der Waals surface area contributed by atoms with Crippen molar-refractivity contribution in [3.8, 4) is 0 Å². The van der Waals surface area contributed by atoms with Crippen LogP contribution in [0.5, 0.6) is 0 Å². The van der Waals surface area contributed by atoms with E-state index in [1.165, 1.54) is 4.31 Å². The molecule has 108 valence electrons. The molecule has 19 heavy (non-hydrogen) atoms. The van der Waals surface area contributed by atoms with Gasteiger partial charge >= 0.3 is 0 Å². The summed E-state index contributed by atoms with van der Waals surface area (Å²) in [5.74, 6) is 0.254. The number of nitrogens with two attached hydrogens (primary N) is 1. The van der Waals surface area contributed by atoms with Crippen molar-refractivity contribution in [3.05, 3.63) is 16.5 Å². The quantitative estimate of drug-likeness (QED) is 0.926. The lowest BCUT2D eigenvalue weighted by Gasteiger charge is -2.36. The predicted molar refractivity (Wildman–Crippen MR) is 79.1 cm³/mol. The van der Waals surface area contributed by atoms with E-state index in [1.54, 1.807) is 19.2 Å². The third-order valence-electron chi connectivity index (χ3n) is 3.82. The van der Waals surface area contributed by atoms with Crippen molar-refractivity contribution >= 4 is 33.0 Å². The van der Waals surface area contributed by atoms with Gasteiger partial charge in [-0.15, -0.1) is 11.3 Å². The molecule has 1 fully saturated rings. The molecule has 0 saturated heterocycles. The number of hydrogen-bond donors (Lipinski definition) is 1. The Kier molecular flexibility index (Phi) is 4.89. The van der Waals surface area contributed by atoms with Crippen molar-refractivity contribution in [1.29, 1.82) is 0 Å². The van der Waals surface area contributed by atoms with E-state index >= 15 is 0 Å². The number of nitrogens with zero attached hydrogens (tertiary/aromatic N) is 1. The fourth-order valence-electron chi connectivity index (χ4n) is 2.70. The first kappa shape index (κ1) is 15.3. The van der Waals surface area contributed by atoms with Crippen molar-refractivity contribution in [2.45, 2.75) is 35.9 Å². The maximum absolute atomic E-state index is 12.5. The molecule has 2 unspecified atom stereocenters. The van der Waals surface area contributed by atoms with Gasteiger partial charge < -0.3 is 5.73 Å². The van der Waals surface area contributed by atoms with E-state index in [1.807, 2.05) is 0 Å². The van der Waals surface area contributed by atoms with Crippen LogP contribution >= 0.6 is 22.9 Å². The summed E-state index contributed by atoms with van der Waals surface area (Å²) >= 11 is 6.93. The van der Waals surface area contributed by atoms with E-state index in [0.717, 1.165) is 37.0 Å². The van der Waals surface area contributed by atoms with Gasteiger partial charge in [-0.25, -0.2) is 8.42 Å². The Bertz CT molecular complexity index is 530. The standard InChI is InChI=1S/C12H19ClN2O2S2/c1-15(10-5-3-2-4-9(10)8-14)19(16,17)12-7-6-11(13)18-12/h6-7,9-10H,2-5,8,14H2,1H3. The van der Waals surface area contributed by atoms with E-state index in [-0.39, 0.29) is 12.0 Å². The molecule has 1 saturated carbocycles. The van der Waals surface area contributed by atoms with Gasteiger partial charge in [0, 0.05) is 13.1 Å². The van der Waals surface area contributed by atoms with E-state index in [9.17, 15) is 8.42 Å². The summed E-state index contributed by atoms with van der Waals surface area (Å²) in [6.07, 6.45) is 4.09. The normalized spacial score (nSPS) is 24.8. The minimum absolute atomic E-state index is 0.00428. The van der Waals surface area contributed by atoms with Crippen molar-refractivity contribution in [2.75, 3.05) is 13.6 Å². The Labute approximate surface area is 123 Å². The highest BCUT2D eigenvalue weighted by molar-refractivity contribution is 7.91. The largest absolute Gasteiger partial charge is 0.330 e. The van der Waals surface area contributed by atoms with Crippen LogP contribution < -0.4 is 5.73 Å². The van der Waals surface area contributed by atoms with Crippen LogP contribution in [0.3, 0.4) is 0 Å². The molecular formula is C12H19ClN2O2S2. The highest BCUT2D eigenvalue weighted by Gasteiger charge is 2.35. The van der Waals surface area contributed by atoms with Gasteiger partial charge in [0.1, 0.15) is 4.21 Å². The topological polar surface area (TPSA) is 63.4 Å². The van der Waals surface area contributed by atoms with E-state index < -0.39 is 10.0 Å². The fraction of sp³-hybridized carbons (Fsp3) is 0.667. The van der Waals surface area contributed by atoms with Gasteiger partial charge in [0.15, 0.2) is 0 Å². The summed E-state index contributed by atoms with van der Waals surface area (Å²) in [7, 11) is -1.79. The second kappa shape index (κ2) is 6.10. The molecule has 1 aromatic heterocycles. The minimum Gasteiger partial charge on any atom is -0.330 e. The summed E-state index contributed by atoms with van der Waals surface area (Å²) in [6.45, 7) is 0.537. The molecular weight excluding hydrogens is 304 g/mol. The Morgan fingerprint density at radius 1 is 1.42 bits per heavy atom. The molecule has 1 heterocycles. The van der Waals surface area contributed by atoms with Crippen LogP contribution in [0.1, 0.15) is 25.7 Å². The molecule has 2 atom stereocenters. The Balaban J connectivity index is 2.24. The number of halogens is 1. The molecule has 7 heteroatoms. The lowest BCUT2D eigenvalue weighted by atomic mass is 9.85. The maximum Gasteiger partial charge on any atom is 0.252 e. The van der Waals surface area contributed by atoms with E-state index in [4.69, 9.17) is 17.3 Å². The first-order chi connectivity index (χ1) is 8.96. The van der Waals surface area contributed by atoms with Crippen LogP contribution in [-0.2, 0) is 10.0 Å². The molecule has 1 aliphatic rings. The van der Waals surface area contributed by atoms with Crippen molar-refractivity contribution in [1.82, 2.24) is 4.31 Å². The van der Waals surface area contributed by atoms with Gasteiger partial charge in [-0.1, -0.05) is 24.4 Å². The summed E-state index contributed by atoms with van der Waals surface area (Å²) < 4.78 is 27.4. The second-order valence-electron chi connectivity index (χ2n) is 4.93. The summed E-state index contributed by atoms with van der Waals surface area (Å²) in [4.78, 5) is 0. The smallest absolute Gasteiger partial charge is 0.252 e. The first-order valence-electron chi connectivity index (χ1n) is 6.40. The number of sulfonamides is 1. The molecule has 2 rings (SSSR count). The van der Waals surface area contributed by atoms with Gasteiger partial charge in [-0.2, -0.15) is 4.31 Å². The average molecular weight is 323 g/mol. The van der Waals surface area contributed by atoms with Gasteiger partial charge in [-0.3, -0.25) is 0 Å². The van der Waals surface area contributed by atoms with Gasteiger partial charge in [0.2, 0.25) is 0 Å². The molecule has 0 amide bonds. The van der Waals surface area contributed by atoms with Crippen LogP contribution in [0, 0.1) is 5.92 Å². The fourth-order valence-corrected chi connectivity index (χ4v) is 5.81. The molecule has 0 spiro atoms. The lowest BCUT2D eigenvalue weighted by Crippen LogP contribution is -2.45. The van der Waals surface area contributed by atoms with Crippen LogP contribution in [0.25, 0.3) is 0 Å². The average Bonchev–Trinajstić information content (AvgIpc) is 2.85. The Hall–Kier alpha value is -0.140. The molecule has 0 radical (unpaired) electrons. The molecule has 1 aromatic rings. The zero-order valence-corrected chi connectivity index (χ0v) is 13.3. The first-order valence-corrected chi connectivity index (χ1v) is 9.03.